The second kappa shape index (κ2) is 3.49. The summed E-state index contributed by atoms with van der Waals surface area (Å²) in [5.74, 6) is 0. The van der Waals surface area contributed by atoms with Crippen molar-refractivity contribution in [2.75, 3.05) is 6.54 Å². The minimum atomic E-state index is 0.676. The van der Waals surface area contributed by atoms with Crippen molar-refractivity contribution in [2.45, 2.75) is 20.3 Å². The third-order valence-electron chi connectivity index (χ3n) is 1.81. The molecule has 0 fully saturated rings. The van der Waals surface area contributed by atoms with Gasteiger partial charge in [0, 0.05) is 17.8 Å². The first-order valence-electron chi connectivity index (χ1n) is 3.87. The van der Waals surface area contributed by atoms with Crippen LogP contribution in [0.15, 0.2) is 12.1 Å². The van der Waals surface area contributed by atoms with Crippen molar-refractivity contribution in [1.29, 1.82) is 0 Å². The molecule has 0 amide bonds. The van der Waals surface area contributed by atoms with Gasteiger partial charge in [-0.05, 0) is 32.0 Å². The zero-order valence-electron chi connectivity index (χ0n) is 7.09. The Morgan fingerprint density at radius 2 is 2.09 bits per heavy atom. The summed E-state index contributed by atoms with van der Waals surface area (Å²) in [5.41, 5.74) is 8.85. The normalized spacial score (nSPS) is 10.1. The highest BCUT2D eigenvalue weighted by Gasteiger charge is 1.95. The van der Waals surface area contributed by atoms with Crippen LogP contribution in [0.3, 0.4) is 0 Å². The number of hydrogen-bond donors (Lipinski definition) is 1. The fourth-order valence-corrected chi connectivity index (χ4v) is 0.970. The monoisotopic (exact) mass is 150 g/mol. The molecule has 0 radical (unpaired) electrons. The van der Waals surface area contributed by atoms with Gasteiger partial charge in [0.1, 0.15) is 0 Å². The Labute approximate surface area is 67.5 Å². The van der Waals surface area contributed by atoms with Crippen LogP contribution < -0.4 is 5.73 Å². The average molecular weight is 150 g/mol. The molecule has 11 heavy (non-hydrogen) atoms. The Morgan fingerprint density at radius 3 is 2.64 bits per heavy atom. The fourth-order valence-electron chi connectivity index (χ4n) is 0.970. The Bertz CT molecular complexity index is 243. The van der Waals surface area contributed by atoms with Crippen LogP contribution >= 0.6 is 0 Å². The van der Waals surface area contributed by atoms with E-state index in [2.05, 4.69) is 18.0 Å². The van der Waals surface area contributed by atoms with Crippen molar-refractivity contribution in [3.8, 4) is 0 Å². The number of nitrogens with zero attached hydrogens (tertiary/aromatic N) is 1. The van der Waals surface area contributed by atoms with Crippen molar-refractivity contribution in [3.63, 3.8) is 0 Å². The van der Waals surface area contributed by atoms with E-state index < -0.39 is 0 Å². The summed E-state index contributed by atoms with van der Waals surface area (Å²) in [7, 11) is 0. The molecule has 0 aromatic carbocycles. The van der Waals surface area contributed by atoms with Gasteiger partial charge in [0.15, 0.2) is 0 Å². The molecule has 2 heteroatoms. The van der Waals surface area contributed by atoms with E-state index in [1.165, 1.54) is 5.56 Å². The van der Waals surface area contributed by atoms with E-state index >= 15 is 0 Å². The Morgan fingerprint density at radius 1 is 1.36 bits per heavy atom. The third-order valence-corrected chi connectivity index (χ3v) is 1.81. The highest BCUT2D eigenvalue weighted by Crippen LogP contribution is 2.04. The molecule has 0 aliphatic carbocycles. The first-order chi connectivity index (χ1) is 5.24. The zero-order valence-corrected chi connectivity index (χ0v) is 7.09. The van der Waals surface area contributed by atoms with Crippen LogP contribution in [0.1, 0.15) is 17.0 Å². The van der Waals surface area contributed by atoms with Gasteiger partial charge in [0.05, 0.1) is 0 Å². The van der Waals surface area contributed by atoms with Crippen LogP contribution in [-0.2, 0) is 6.42 Å². The van der Waals surface area contributed by atoms with E-state index in [0.717, 1.165) is 17.8 Å². The lowest BCUT2D eigenvalue weighted by Gasteiger charge is -2.01. The molecular formula is C9H14N2. The van der Waals surface area contributed by atoms with Crippen LogP contribution in [0.2, 0.25) is 0 Å². The van der Waals surface area contributed by atoms with Gasteiger partial charge in [-0.3, -0.25) is 4.98 Å². The van der Waals surface area contributed by atoms with Crippen LogP contribution in [0, 0.1) is 13.8 Å². The zero-order chi connectivity index (χ0) is 8.27. The van der Waals surface area contributed by atoms with Crippen LogP contribution in [-0.4, -0.2) is 11.5 Å². The van der Waals surface area contributed by atoms with Crippen molar-refractivity contribution in [3.05, 3.63) is 29.1 Å². The van der Waals surface area contributed by atoms with Crippen molar-refractivity contribution < 1.29 is 0 Å². The van der Waals surface area contributed by atoms with Crippen LogP contribution in [0.4, 0.5) is 0 Å². The molecule has 2 nitrogen and oxygen atoms in total. The lowest BCUT2D eigenvalue weighted by atomic mass is 10.2. The van der Waals surface area contributed by atoms with Gasteiger partial charge < -0.3 is 5.73 Å². The molecule has 0 bridgehead atoms. The second-order valence-corrected chi connectivity index (χ2v) is 2.74. The molecule has 0 aliphatic heterocycles. The smallest absolute Gasteiger partial charge is 0.0419 e. The van der Waals surface area contributed by atoms with Crippen molar-refractivity contribution in [2.24, 2.45) is 5.73 Å². The Kier molecular flexibility index (Phi) is 2.60. The molecule has 1 aromatic heterocycles. The molecule has 0 aliphatic rings. The number of pyridine rings is 1. The van der Waals surface area contributed by atoms with Crippen LogP contribution in [0.25, 0.3) is 0 Å². The number of aromatic nitrogens is 1. The van der Waals surface area contributed by atoms with Gasteiger partial charge in [-0.1, -0.05) is 6.07 Å². The molecule has 1 heterocycles. The summed E-state index contributed by atoms with van der Waals surface area (Å²) in [6, 6.07) is 4.13. The molecule has 60 valence electrons. The largest absolute Gasteiger partial charge is 0.330 e. The molecule has 0 unspecified atom stereocenters. The molecular weight excluding hydrogens is 136 g/mol. The Balaban J connectivity index is 2.86. The SMILES string of the molecule is Cc1ccc(CCN)nc1C. The van der Waals surface area contributed by atoms with Gasteiger partial charge >= 0.3 is 0 Å². The summed E-state index contributed by atoms with van der Waals surface area (Å²) in [5, 5.41) is 0. The minimum Gasteiger partial charge on any atom is -0.330 e. The summed E-state index contributed by atoms with van der Waals surface area (Å²) >= 11 is 0. The molecule has 1 rings (SSSR count). The highest BCUT2D eigenvalue weighted by molar-refractivity contribution is 5.20. The van der Waals surface area contributed by atoms with E-state index in [4.69, 9.17) is 5.73 Å². The summed E-state index contributed by atoms with van der Waals surface area (Å²) in [4.78, 5) is 4.38. The molecule has 2 N–H and O–H groups in total. The number of hydrogen-bond acceptors (Lipinski definition) is 2. The lowest BCUT2D eigenvalue weighted by Crippen LogP contribution is -2.05. The lowest BCUT2D eigenvalue weighted by molar-refractivity contribution is 0.907. The van der Waals surface area contributed by atoms with Gasteiger partial charge in [0.25, 0.3) is 0 Å². The van der Waals surface area contributed by atoms with Crippen molar-refractivity contribution >= 4 is 0 Å². The third kappa shape index (κ3) is 2.02. The summed E-state index contributed by atoms with van der Waals surface area (Å²) in [6.07, 6.45) is 0.876. The maximum Gasteiger partial charge on any atom is 0.0419 e. The average Bonchev–Trinajstić information content (AvgIpc) is 1.98. The quantitative estimate of drug-likeness (QED) is 0.688. The van der Waals surface area contributed by atoms with E-state index in [-0.39, 0.29) is 0 Å². The van der Waals surface area contributed by atoms with Crippen molar-refractivity contribution in [1.82, 2.24) is 4.98 Å². The molecule has 1 aromatic rings. The van der Waals surface area contributed by atoms with Gasteiger partial charge in [-0.2, -0.15) is 0 Å². The van der Waals surface area contributed by atoms with E-state index in [1.807, 2.05) is 13.0 Å². The summed E-state index contributed by atoms with van der Waals surface area (Å²) in [6.45, 7) is 4.76. The topological polar surface area (TPSA) is 38.9 Å². The minimum absolute atomic E-state index is 0.676. The van der Waals surface area contributed by atoms with Gasteiger partial charge in [0.2, 0.25) is 0 Å². The van der Waals surface area contributed by atoms with Gasteiger partial charge in [-0.15, -0.1) is 0 Å². The van der Waals surface area contributed by atoms with Crippen LogP contribution in [0.5, 0.6) is 0 Å². The predicted octanol–water partition coefficient (Wildman–Crippen LogP) is 1.20. The molecule has 0 saturated carbocycles. The number of nitrogens with two attached hydrogens (primary N) is 1. The predicted molar refractivity (Wildman–Crippen MR) is 46.5 cm³/mol. The van der Waals surface area contributed by atoms with E-state index in [0.29, 0.717) is 6.54 Å². The first-order valence-corrected chi connectivity index (χ1v) is 3.87. The fraction of sp³-hybridized carbons (Fsp3) is 0.444. The van der Waals surface area contributed by atoms with E-state index in [1.54, 1.807) is 0 Å². The second-order valence-electron chi connectivity index (χ2n) is 2.74. The maximum absolute atomic E-state index is 5.41. The standard InChI is InChI=1S/C9H14N2/c1-7-3-4-9(5-6-10)11-8(7)2/h3-4H,5-6,10H2,1-2H3. The highest BCUT2D eigenvalue weighted by atomic mass is 14.7. The van der Waals surface area contributed by atoms with Gasteiger partial charge in [-0.25, -0.2) is 0 Å². The number of aryl methyl sites for hydroxylation is 2. The maximum atomic E-state index is 5.41. The first kappa shape index (κ1) is 8.21. The van der Waals surface area contributed by atoms with E-state index in [9.17, 15) is 0 Å². The molecule has 0 atom stereocenters. The molecule has 0 saturated heterocycles. The Hall–Kier alpha value is -0.890. The molecule has 0 spiro atoms. The number of rotatable bonds is 2. The summed E-state index contributed by atoms with van der Waals surface area (Å²) < 4.78 is 0.